The second-order valence-electron chi connectivity index (χ2n) is 8.48. The van der Waals surface area contributed by atoms with Gasteiger partial charge in [0, 0.05) is 30.3 Å². The molecule has 1 amide bonds. The smallest absolute Gasteiger partial charge is 0.410 e. The molecule has 32 heavy (non-hydrogen) atoms. The number of hydrogen-bond donors (Lipinski definition) is 1. The van der Waals surface area contributed by atoms with Gasteiger partial charge in [-0.2, -0.15) is 0 Å². The van der Waals surface area contributed by atoms with Crippen molar-refractivity contribution < 1.29 is 17.9 Å². The maximum atomic E-state index is 12.8. The molecule has 1 fully saturated rings. The predicted molar refractivity (Wildman–Crippen MR) is 124 cm³/mol. The third kappa shape index (κ3) is 5.30. The topological polar surface area (TPSA) is 88.6 Å². The zero-order valence-electron chi connectivity index (χ0n) is 18.5. The van der Waals surface area contributed by atoms with E-state index < -0.39 is 10.0 Å². The van der Waals surface area contributed by atoms with Crippen molar-refractivity contribution in [2.75, 3.05) is 18.9 Å². The molecule has 4 rings (SSSR count). The Morgan fingerprint density at radius 2 is 1.97 bits per heavy atom. The fraction of sp³-hybridized carbons (Fsp3) is 0.500. The largest absolute Gasteiger partial charge is 0.449 e. The van der Waals surface area contributed by atoms with Gasteiger partial charge in [-0.1, -0.05) is 30.3 Å². The quantitative estimate of drug-likeness (QED) is 0.762. The highest BCUT2D eigenvalue weighted by Gasteiger charge is 2.39. The summed E-state index contributed by atoms with van der Waals surface area (Å²) in [6.45, 7) is 2.45. The number of ether oxygens (including phenoxy) is 1. The number of fused-ring (bicyclic) bond motifs is 5. The number of carbonyl (C=O) groups excluding carboxylic acids is 1. The summed E-state index contributed by atoms with van der Waals surface area (Å²) in [6.07, 6.45) is 4.39. The average molecular weight is 458 g/mol. The molecular formula is C24H31N3O4S. The molecule has 2 aliphatic rings. The molecule has 2 aliphatic heterocycles. The SMILES string of the molecule is CCS(=O)(=O)NC1CCN2C(=O)OCCCCCc3ccccc3-c3cccc(n3)CC12. The summed E-state index contributed by atoms with van der Waals surface area (Å²) in [5.41, 5.74) is 4.13. The van der Waals surface area contributed by atoms with Gasteiger partial charge >= 0.3 is 6.09 Å². The molecule has 0 saturated carbocycles. The van der Waals surface area contributed by atoms with Crippen LogP contribution in [0.4, 0.5) is 4.79 Å². The number of rotatable bonds is 3. The molecule has 0 aliphatic carbocycles. The summed E-state index contributed by atoms with van der Waals surface area (Å²) >= 11 is 0. The van der Waals surface area contributed by atoms with E-state index in [0.717, 1.165) is 42.6 Å². The number of cyclic esters (lactones) is 1. The highest BCUT2D eigenvalue weighted by molar-refractivity contribution is 7.89. The second-order valence-corrected chi connectivity index (χ2v) is 10.5. The number of hydrogen-bond acceptors (Lipinski definition) is 5. The Labute approximate surface area is 190 Å². The van der Waals surface area contributed by atoms with Crippen LogP contribution >= 0.6 is 0 Å². The summed E-state index contributed by atoms with van der Waals surface area (Å²) in [7, 11) is -3.40. The molecule has 1 N–H and O–H groups in total. The van der Waals surface area contributed by atoms with Gasteiger partial charge in [-0.3, -0.25) is 4.98 Å². The van der Waals surface area contributed by atoms with E-state index in [-0.39, 0.29) is 23.9 Å². The van der Waals surface area contributed by atoms with E-state index in [1.54, 1.807) is 11.8 Å². The summed E-state index contributed by atoms with van der Waals surface area (Å²) in [6, 6.07) is 13.6. The van der Waals surface area contributed by atoms with Crippen molar-refractivity contribution in [3.63, 3.8) is 0 Å². The van der Waals surface area contributed by atoms with Gasteiger partial charge < -0.3 is 9.64 Å². The Hall–Kier alpha value is -2.45. The van der Waals surface area contributed by atoms with Gasteiger partial charge in [0.15, 0.2) is 0 Å². The first kappa shape index (κ1) is 22.7. The predicted octanol–water partition coefficient (Wildman–Crippen LogP) is 3.54. The Morgan fingerprint density at radius 1 is 1.12 bits per heavy atom. The summed E-state index contributed by atoms with van der Waals surface area (Å²) in [5.74, 6) is 0.00514. The minimum absolute atomic E-state index is 0.00514. The van der Waals surface area contributed by atoms with E-state index >= 15 is 0 Å². The van der Waals surface area contributed by atoms with Gasteiger partial charge in [0.2, 0.25) is 10.0 Å². The molecule has 8 heteroatoms. The lowest BCUT2D eigenvalue weighted by Crippen LogP contribution is -2.48. The molecule has 2 atom stereocenters. The van der Waals surface area contributed by atoms with Crippen LogP contribution in [-0.4, -0.2) is 55.4 Å². The molecule has 7 nitrogen and oxygen atoms in total. The lowest BCUT2D eigenvalue weighted by Gasteiger charge is -2.28. The van der Waals surface area contributed by atoms with Crippen molar-refractivity contribution >= 4 is 16.1 Å². The number of carbonyl (C=O) groups is 1. The fourth-order valence-electron chi connectivity index (χ4n) is 4.57. The normalized spacial score (nSPS) is 22.3. The third-order valence-corrected chi connectivity index (χ3v) is 7.75. The van der Waals surface area contributed by atoms with E-state index in [0.29, 0.717) is 26.0 Å². The number of amides is 1. The minimum atomic E-state index is -3.40. The second kappa shape index (κ2) is 10.0. The summed E-state index contributed by atoms with van der Waals surface area (Å²) < 4.78 is 32.9. The Balaban J connectivity index is 1.68. The van der Waals surface area contributed by atoms with Crippen LogP contribution in [0.25, 0.3) is 11.3 Å². The fourth-order valence-corrected chi connectivity index (χ4v) is 5.47. The number of pyridine rings is 1. The number of nitrogens with one attached hydrogen (secondary N) is 1. The number of sulfonamides is 1. The number of aromatic nitrogens is 1. The highest BCUT2D eigenvalue weighted by atomic mass is 32.2. The van der Waals surface area contributed by atoms with E-state index in [1.165, 1.54) is 5.56 Å². The van der Waals surface area contributed by atoms with Gasteiger partial charge in [0.1, 0.15) is 0 Å². The molecule has 2 bridgehead atoms. The van der Waals surface area contributed by atoms with Crippen molar-refractivity contribution in [3.8, 4) is 11.3 Å². The Kier molecular flexibility index (Phi) is 7.10. The first-order valence-electron chi connectivity index (χ1n) is 11.4. The van der Waals surface area contributed by atoms with Gasteiger partial charge in [0.05, 0.1) is 24.1 Å². The van der Waals surface area contributed by atoms with E-state index in [4.69, 9.17) is 9.72 Å². The molecule has 1 saturated heterocycles. The molecule has 3 heterocycles. The molecule has 2 unspecified atom stereocenters. The van der Waals surface area contributed by atoms with Crippen molar-refractivity contribution in [2.45, 2.75) is 57.5 Å². The van der Waals surface area contributed by atoms with Crippen LogP contribution in [0.1, 0.15) is 43.9 Å². The van der Waals surface area contributed by atoms with Gasteiger partial charge in [-0.25, -0.2) is 17.9 Å². The Bertz CT molecular complexity index is 1060. The maximum absolute atomic E-state index is 12.8. The summed E-state index contributed by atoms with van der Waals surface area (Å²) in [5, 5.41) is 0. The molecule has 1 aromatic carbocycles. The molecule has 1 aromatic heterocycles. The van der Waals surface area contributed by atoms with E-state index in [1.807, 2.05) is 24.3 Å². The lowest BCUT2D eigenvalue weighted by molar-refractivity contribution is 0.0946. The van der Waals surface area contributed by atoms with E-state index in [2.05, 4.69) is 22.9 Å². The summed E-state index contributed by atoms with van der Waals surface area (Å²) in [4.78, 5) is 19.4. The molecule has 0 radical (unpaired) electrons. The van der Waals surface area contributed by atoms with Crippen LogP contribution in [0.2, 0.25) is 0 Å². The maximum Gasteiger partial charge on any atom is 0.410 e. The van der Waals surface area contributed by atoms with Crippen LogP contribution in [0, 0.1) is 0 Å². The zero-order valence-corrected chi connectivity index (χ0v) is 19.3. The first-order chi connectivity index (χ1) is 15.5. The molecule has 2 aromatic rings. The van der Waals surface area contributed by atoms with Crippen LogP contribution in [0.15, 0.2) is 42.5 Å². The van der Waals surface area contributed by atoms with Gasteiger partial charge in [-0.15, -0.1) is 0 Å². The molecule has 172 valence electrons. The van der Waals surface area contributed by atoms with Crippen LogP contribution < -0.4 is 4.72 Å². The number of aryl methyl sites for hydroxylation is 1. The van der Waals surface area contributed by atoms with Crippen LogP contribution in [-0.2, 0) is 27.6 Å². The Morgan fingerprint density at radius 3 is 2.81 bits per heavy atom. The van der Waals surface area contributed by atoms with Crippen molar-refractivity contribution in [2.24, 2.45) is 0 Å². The highest BCUT2D eigenvalue weighted by Crippen LogP contribution is 2.27. The number of benzene rings is 1. The van der Waals surface area contributed by atoms with Gasteiger partial charge in [0.25, 0.3) is 0 Å². The van der Waals surface area contributed by atoms with Crippen molar-refractivity contribution in [3.05, 3.63) is 53.7 Å². The first-order valence-corrected chi connectivity index (χ1v) is 13.1. The van der Waals surface area contributed by atoms with Crippen molar-refractivity contribution in [1.82, 2.24) is 14.6 Å². The third-order valence-electron chi connectivity index (χ3n) is 6.33. The number of nitrogens with zero attached hydrogens (tertiary/aromatic N) is 2. The monoisotopic (exact) mass is 457 g/mol. The zero-order chi connectivity index (χ0) is 22.6. The lowest BCUT2D eigenvalue weighted by atomic mass is 9.98. The van der Waals surface area contributed by atoms with Gasteiger partial charge in [-0.05, 0) is 56.7 Å². The van der Waals surface area contributed by atoms with Crippen LogP contribution in [0.3, 0.4) is 0 Å². The average Bonchev–Trinajstić information content (AvgIpc) is 3.17. The molecule has 0 spiro atoms. The minimum Gasteiger partial charge on any atom is -0.449 e. The van der Waals surface area contributed by atoms with Crippen molar-refractivity contribution in [1.29, 1.82) is 0 Å². The standard InChI is InChI=1S/C24H31N3O4S/c1-2-32(29,30)26-22-14-15-27-23(22)17-19-11-8-13-21(25-19)20-12-6-5-10-18(20)9-4-3-7-16-31-24(27)28/h5-6,8,10-13,22-23,26H,2-4,7,9,14-17H2,1H3. The van der Waals surface area contributed by atoms with E-state index in [9.17, 15) is 13.2 Å². The molecular weight excluding hydrogens is 426 g/mol. The van der Waals surface area contributed by atoms with Crippen LogP contribution in [0.5, 0.6) is 0 Å².